The van der Waals surface area contributed by atoms with Crippen molar-refractivity contribution in [1.29, 1.82) is 0 Å². The Hall–Kier alpha value is -0.540. The number of hydrogen-bond acceptors (Lipinski definition) is 3. The lowest BCUT2D eigenvalue weighted by Gasteiger charge is -1.93. The van der Waals surface area contributed by atoms with Gasteiger partial charge in [-0.05, 0) is 18.8 Å². The standard InChI is InChI=1S/C10H11NS2.C3H8.2H2O/c12-9-7-13-10(11-9)6-5-8-3-1-2-4-8;1-3-2;;/h7-8,12H,1-4H2;3H2,1-2H3;2*1H2. The van der Waals surface area contributed by atoms with E-state index in [4.69, 9.17) is 0 Å². The van der Waals surface area contributed by atoms with E-state index >= 15 is 0 Å². The number of rotatable bonds is 0. The molecule has 18 heavy (non-hydrogen) atoms. The van der Waals surface area contributed by atoms with Gasteiger partial charge in [0.2, 0.25) is 0 Å². The maximum Gasteiger partial charge on any atom is 0.168 e. The Kier molecular flexibility index (Phi) is 12.7. The number of nitrogens with zero attached hydrogens (tertiary/aromatic N) is 1. The number of thiol groups is 1. The molecule has 1 saturated carbocycles. The average Bonchev–Trinajstić information content (AvgIpc) is 2.87. The Morgan fingerprint density at radius 3 is 2.33 bits per heavy atom. The molecule has 3 nitrogen and oxygen atoms in total. The Labute approximate surface area is 119 Å². The molecule has 0 aliphatic heterocycles. The number of thiazole rings is 1. The number of aromatic nitrogens is 1. The first kappa shape index (κ1) is 19.8. The van der Waals surface area contributed by atoms with Crippen molar-refractivity contribution in [3.05, 3.63) is 10.4 Å². The number of hydrogen-bond donors (Lipinski definition) is 1. The first-order valence-electron chi connectivity index (χ1n) is 5.92. The molecule has 0 spiro atoms. The maximum absolute atomic E-state index is 4.18. The second kappa shape index (κ2) is 11.5. The molecule has 0 aromatic carbocycles. The summed E-state index contributed by atoms with van der Waals surface area (Å²) < 4.78 is 0. The van der Waals surface area contributed by atoms with Crippen LogP contribution in [-0.2, 0) is 0 Å². The lowest BCUT2D eigenvalue weighted by atomic mass is 10.1. The molecule has 4 N–H and O–H groups in total. The molecule has 1 aromatic heterocycles. The topological polar surface area (TPSA) is 75.9 Å². The molecule has 0 bridgehead atoms. The van der Waals surface area contributed by atoms with E-state index in [9.17, 15) is 0 Å². The van der Waals surface area contributed by atoms with Crippen LogP contribution in [0.1, 0.15) is 51.0 Å². The van der Waals surface area contributed by atoms with Gasteiger partial charge in [-0.3, -0.25) is 0 Å². The van der Waals surface area contributed by atoms with Gasteiger partial charge in [0.1, 0.15) is 5.03 Å². The summed E-state index contributed by atoms with van der Waals surface area (Å²) in [5, 5.41) is 3.60. The third-order valence-corrected chi connectivity index (χ3v) is 3.39. The second-order valence-electron chi connectivity index (χ2n) is 3.97. The maximum atomic E-state index is 4.18. The first-order valence-corrected chi connectivity index (χ1v) is 7.25. The lowest BCUT2D eigenvalue weighted by Crippen LogP contribution is -1.86. The summed E-state index contributed by atoms with van der Waals surface area (Å²) in [6.07, 6.45) is 6.47. The highest BCUT2D eigenvalue weighted by Gasteiger charge is 2.11. The summed E-state index contributed by atoms with van der Waals surface area (Å²) in [4.78, 5) is 4.18. The third-order valence-electron chi connectivity index (χ3n) is 2.23. The summed E-state index contributed by atoms with van der Waals surface area (Å²) >= 11 is 5.71. The highest BCUT2D eigenvalue weighted by atomic mass is 32.1. The van der Waals surface area contributed by atoms with Gasteiger partial charge in [0.05, 0.1) is 0 Å². The van der Waals surface area contributed by atoms with Gasteiger partial charge in [0, 0.05) is 11.3 Å². The fourth-order valence-corrected chi connectivity index (χ4v) is 2.42. The van der Waals surface area contributed by atoms with E-state index in [-0.39, 0.29) is 11.0 Å². The van der Waals surface area contributed by atoms with E-state index < -0.39 is 0 Å². The molecular weight excluding hydrogens is 266 g/mol. The first-order chi connectivity index (χ1) is 7.76. The Balaban J connectivity index is 0. The van der Waals surface area contributed by atoms with E-state index in [1.54, 1.807) is 11.3 Å². The third kappa shape index (κ3) is 7.72. The molecule has 0 amide bonds. The van der Waals surface area contributed by atoms with Crippen molar-refractivity contribution in [3.63, 3.8) is 0 Å². The van der Waals surface area contributed by atoms with Crippen molar-refractivity contribution in [2.45, 2.75) is 51.0 Å². The van der Waals surface area contributed by atoms with Crippen LogP contribution >= 0.6 is 24.0 Å². The molecule has 1 aliphatic rings. The molecule has 104 valence electrons. The highest BCUT2D eigenvalue weighted by molar-refractivity contribution is 7.80. The Morgan fingerprint density at radius 1 is 1.33 bits per heavy atom. The average molecular weight is 289 g/mol. The minimum Gasteiger partial charge on any atom is -0.412 e. The summed E-state index contributed by atoms with van der Waals surface area (Å²) in [7, 11) is 0. The van der Waals surface area contributed by atoms with Gasteiger partial charge in [0.15, 0.2) is 5.01 Å². The van der Waals surface area contributed by atoms with Gasteiger partial charge >= 0.3 is 0 Å². The van der Waals surface area contributed by atoms with Crippen LogP contribution in [0.5, 0.6) is 0 Å². The van der Waals surface area contributed by atoms with E-state index in [2.05, 4.69) is 43.3 Å². The van der Waals surface area contributed by atoms with Crippen LogP contribution < -0.4 is 0 Å². The van der Waals surface area contributed by atoms with Crippen LogP contribution in [0.15, 0.2) is 10.4 Å². The molecule has 5 heteroatoms. The largest absolute Gasteiger partial charge is 0.412 e. The monoisotopic (exact) mass is 289 g/mol. The predicted octanol–water partition coefficient (Wildman–Crippen LogP) is 2.74. The Morgan fingerprint density at radius 2 is 1.89 bits per heavy atom. The normalized spacial score (nSPS) is 13.3. The smallest absolute Gasteiger partial charge is 0.168 e. The summed E-state index contributed by atoms with van der Waals surface area (Å²) in [5.74, 6) is 7.01. The van der Waals surface area contributed by atoms with Crippen molar-refractivity contribution in [1.82, 2.24) is 4.98 Å². The van der Waals surface area contributed by atoms with Crippen molar-refractivity contribution < 1.29 is 11.0 Å². The van der Waals surface area contributed by atoms with Crippen molar-refractivity contribution in [3.8, 4) is 11.8 Å². The van der Waals surface area contributed by atoms with Crippen molar-refractivity contribution >= 4 is 24.0 Å². The molecule has 2 rings (SSSR count). The molecule has 1 aromatic rings. The fourth-order valence-electron chi connectivity index (χ4n) is 1.56. The molecule has 0 unspecified atom stereocenters. The highest BCUT2D eigenvalue weighted by Crippen LogP contribution is 2.23. The zero-order valence-electron chi connectivity index (χ0n) is 11.0. The fraction of sp³-hybridized carbons (Fsp3) is 0.615. The van der Waals surface area contributed by atoms with Crippen LogP contribution in [0.3, 0.4) is 0 Å². The molecule has 1 aliphatic carbocycles. The van der Waals surface area contributed by atoms with Gasteiger partial charge in [-0.1, -0.05) is 39.0 Å². The van der Waals surface area contributed by atoms with E-state index in [1.807, 2.05) is 5.38 Å². The van der Waals surface area contributed by atoms with Gasteiger partial charge in [-0.15, -0.1) is 24.0 Å². The summed E-state index contributed by atoms with van der Waals surface area (Å²) in [6.45, 7) is 4.25. The van der Waals surface area contributed by atoms with Crippen LogP contribution in [0.4, 0.5) is 0 Å². The quantitative estimate of drug-likeness (QED) is 0.578. The van der Waals surface area contributed by atoms with Crippen LogP contribution in [0, 0.1) is 17.8 Å². The molecule has 0 radical (unpaired) electrons. The van der Waals surface area contributed by atoms with E-state index in [1.165, 1.54) is 32.1 Å². The van der Waals surface area contributed by atoms with Crippen molar-refractivity contribution in [2.75, 3.05) is 0 Å². The van der Waals surface area contributed by atoms with Crippen LogP contribution in [0.2, 0.25) is 0 Å². The molecule has 1 fully saturated rings. The van der Waals surface area contributed by atoms with E-state index in [0.29, 0.717) is 5.92 Å². The van der Waals surface area contributed by atoms with Crippen molar-refractivity contribution in [2.24, 2.45) is 5.92 Å². The van der Waals surface area contributed by atoms with Gasteiger partial charge < -0.3 is 11.0 Å². The molecule has 0 saturated heterocycles. The van der Waals surface area contributed by atoms with Gasteiger partial charge in [0.25, 0.3) is 0 Å². The Bertz CT molecular complexity index is 363. The SMILES string of the molecule is CCC.O.O.Sc1csc(C#CC2CCCC2)n1. The zero-order valence-corrected chi connectivity index (χ0v) is 12.7. The van der Waals surface area contributed by atoms with Crippen LogP contribution in [-0.4, -0.2) is 15.9 Å². The van der Waals surface area contributed by atoms with Crippen LogP contribution in [0.25, 0.3) is 0 Å². The molecule has 0 atom stereocenters. The second-order valence-corrected chi connectivity index (χ2v) is 5.28. The molecule has 1 heterocycles. The zero-order chi connectivity index (χ0) is 11.8. The van der Waals surface area contributed by atoms with Gasteiger partial charge in [-0.25, -0.2) is 4.98 Å². The summed E-state index contributed by atoms with van der Waals surface area (Å²) in [6, 6.07) is 0. The molecular formula is C13H23NO2S2. The summed E-state index contributed by atoms with van der Waals surface area (Å²) in [5.41, 5.74) is 0. The van der Waals surface area contributed by atoms with Gasteiger partial charge in [-0.2, -0.15) is 0 Å². The minimum absolute atomic E-state index is 0. The minimum atomic E-state index is 0. The lowest BCUT2D eigenvalue weighted by molar-refractivity contribution is 0.712. The van der Waals surface area contributed by atoms with E-state index in [0.717, 1.165) is 10.0 Å². The predicted molar refractivity (Wildman–Crippen MR) is 81.4 cm³/mol.